The van der Waals surface area contributed by atoms with Crippen LogP contribution in [0.15, 0.2) is 11.1 Å². The lowest BCUT2D eigenvalue weighted by atomic mass is 10.5. The minimum atomic E-state index is -0.246. The molecule has 2 rings (SSSR count). The van der Waals surface area contributed by atoms with Crippen LogP contribution in [0.4, 0.5) is 0 Å². The van der Waals surface area contributed by atoms with E-state index >= 15 is 0 Å². The number of hydrogen-bond acceptors (Lipinski definition) is 5. The Balaban J connectivity index is 2.79. The summed E-state index contributed by atoms with van der Waals surface area (Å²) in [6, 6.07) is 0. The van der Waals surface area contributed by atoms with E-state index in [0.717, 1.165) is 0 Å². The second-order valence-electron chi connectivity index (χ2n) is 2.78. The number of rotatable bonds is 2. The molecule has 0 saturated carbocycles. The minimum absolute atomic E-state index is 0.246. The van der Waals surface area contributed by atoms with Gasteiger partial charge in [-0.25, -0.2) is 14.2 Å². The molecular formula is C7H10N6O. The zero-order valence-corrected chi connectivity index (χ0v) is 7.71. The normalized spacial score (nSPS) is 11.0. The molecule has 7 heteroatoms. The fourth-order valence-electron chi connectivity index (χ4n) is 1.23. The van der Waals surface area contributed by atoms with Gasteiger partial charge in [-0.05, 0) is 6.92 Å². The number of hydrogen-bond donors (Lipinski definition) is 1. The van der Waals surface area contributed by atoms with Gasteiger partial charge >= 0.3 is 5.69 Å². The molecule has 0 aliphatic carbocycles. The average Bonchev–Trinajstić information content (AvgIpc) is 2.62. The summed E-state index contributed by atoms with van der Waals surface area (Å²) >= 11 is 0. The first-order valence-electron chi connectivity index (χ1n) is 4.27. The summed E-state index contributed by atoms with van der Waals surface area (Å²) in [6.07, 6.45) is 1.42. The van der Waals surface area contributed by atoms with Crippen molar-refractivity contribution in [3.8, 4) is 0 Å². The maximum absolute atomic E-state index is 11.6. The predicted molar refractivity (Wildman–Crippen MR) is 48.6 cm³/mol. The Morgan fingerprint density at radius 1 is 1.57 bits per heavy atom. The third-order valence-corrected chi connectivity index (χ3v) is 1.98. The van der Waals surface area contributed by atoms with E-state index in [9.17, 15) is 4.79 Å². The van der Waals surface area contributed by atoms with Crippen LogP contribution in [0.5, 0.6) is 0 Å². The van der Waals surface area contributed by atoms with Gasteiger partial charge in [0.25, 0.3) is 0 Å². The maximum Gasteiger partial charge on any atom is 0.352 e. The van der Waals surface area contributed by atoms with Gasteiger partial charge in [-0.1, -0.05) is 5.21 Å². The zero-order chi connectivity index (χ0) is 10.1. The van der Waals surface area contributed by atoms with Crippen LogP contribution in [0.3, 0.4) is 0 Å². The van der Waals surface area contributed by atoms with Gasteiger partial charge in [0.15, 0.2) is 5.65 Å². The average molecular weight is 194 g/mol. The van der Waals surface area contributed by atoms with Gasteiger partial charge < -0.3 is 5.73 Å². The monoisotopic (exact) mass is 194 g/mol. The van der Waals surface area contributed by atoms with Crippen LogP contribution in [0, 0.1) is 0 Å². The minimum Gasteiger partial charge on any atom is -0.325 e. The molecule has 0 aliphatic heterocycles. The Kier molecular flexibility index (Phi) is 2.01. The van der Waals surface area contributed by atoms with Gasteiger partial charge in [0, 0.05) is 13.1 Å². The first-order chi connectivity index (χ1) is 6.77. The van der Waals surface area contributed by atoms with E-state index in [-0.39, 0.29) is 12.2 Å². The van der Waals surface area contributed by atoms with Crippen LogP contribution < -0.4 is 11.4 Å². The quantitative estimate of drug-likeness (QED) is 0.646. The van der Waals surface area contributed by atoms with Crippen LogP contribution in [0.25, 0.3) is 5.65 Å². The summed E-state index contributed by atoms with van der Waals surface area (Å²) in [6.45, 7) is 2.56. The molecule has 0 atom stereocenters. The van der Waals surface area contributed by atoms with Crippen LogP contribution in [0.1, 0.15) is 12.6 Å². The van der Waals surface area contributed by atoms with Crippen molar-refractivity contribution in [3.05, 3.63) is 22.5 Å². The third-order valence-electron chi connectivity index (χ3n) is 1.98. The molecule has 0 fully saturated rings. The highest BCUT2D eigenvalue weighted by atomic mass is 16.2. The summed E-state index contributed by atoms with van der Waals surface area (Å²) in [5, 5.41) is 7.62. The number of imidazole rings is 1. The highest BCUT2D eigenvalue weighted by Crippen LogP contribution is 2.00. The lowest BCUT2D eigenvalue weighted by molar-refractivity contribution is 0.543. The van der Waals surface area contributed by atoms with Gasteiger partial charge in [0.1, 0.15) is 12.0 Å². The lowest BCUT2D eigenvalue weighted by Gasteiger charge is -1.98. The van der Waals surface area contributed by atoms with Crippen molar-refractivity contribution in [3.63, 3.8) is 0 Å². The summed E-state index contributed by atoms with van der Waals surface area (Å²) in [5.74, 6) is 0. The lowest BCUT2D eigenvalue weighted by Crippen LogP contribution is -2.29. The standard InChI is InChI=1S/C7H10N6O/c1-2-13-7(14)12-4-9-5(3-8)6(12)10-11-13/h4H,2-3,8H2,1H3. The second-order valence-corrected chi connectivity index (χ2v) is 2.78. The first-order valence-corrected chi connectivity index (χ1v) is 4.27. The number of nitrogens with two attached hydrogens (primary N) is 1. The molecule has 2 N–H and O–H groups in total. The molecule has 14 heavy (non-hydrogen) atoms. The third kappa shape index (κ3) is 1.10. The second kappa shape index (κ2) is 3.18. The molecule has 0 unspecified atom stereocenters. The van der Waals surface area contributed by atoms with Crippen molar-refractivity contribution in [2.45, 2.75) is 20.0 Å². The topological polar surface area (TPSA) is 91.1 Å². The van der Waals surface area contributed by atoms with Crippen LogP contribution in [-0.4, -0.2) is 24.4 Å². The zero-order valence-electron chi connectivity index (χ0n) is 7.71. The number of nitrogens with zero attached hydrogens (tertiary/aromatic N) is 5. The Bertz CT molecular complexity index is 512. The molecule has 0 spiro atoms. The van der Waals surface area contributed by atoms with Gasteiger partial charge in [-0.15, -0.1) is 5.10 Å². The van der Waals surface area contributed by atoms with E-state index in [2.05, 4.69) is 15.3 Å². The molecular weight excluding hydrogens is 184 g/mol. The van der Waals surface area contributed by atoms with Crippen molar-refractivity contribution in [1.82, 2.24) is 24.4 Å². The van der Waals surface area contributed by atoms with Crippen molar-refractivity contribution >= 4 is 5.65 Å². The van der Waals surface area contributed by atoms with Crippen LogP contribution in [0.2, 0.25) is 0 Å². The van der Waals surface area contributed by atoms with Crippen molar-refractivity contribution in [2.24, 2.45) is 5.73 Å². The predicted octanol–water partition coefficient (Wildman–Crippen LogP) is -1.24. The first kappa shape index (κ1) is 8.82. The van der Waals surface area contributed by atoms with Crippen molar-refractivity contribution < 1.29 is 0 Å². The molecule has 0 aromatic carbocycles. The fourth-order valence-corrected chi connectivity index (χ4v) is 1.23. The SMILES string of the molecule is CCn1nnc2c(CN)ncn2c1=O. The molecule has 74 valence electrons. The number of aromatic nitrogens is 5. The van der Waals surface area contributed by atoms with Gasteiger partial charge in [0.2, 0.25) is 0 Å². The van der Waals surface area contributed by atoms with Crippen molar-refractivity contribution in [2.75, 3.05) is 0 Å². The molecule has 0 bridgehead atoms. The molecule has 2 aromatic heterocycles. The Morgan fingerprint density at radius 2 is 2.36 bits per heavy atom. The number of fused-ring (bicyclic) bond motifs is 1. The van der Waals surface area contributed by atoms with Crippen LogP contribution in [-0.2, 0) is 13.1 Å². The molecule has 0 radical (unpaired) electrons. The van der Waals surface area contributed by atoms with E-state index < -0.39 is 0 Å². The maximum atomic E-state index is 11.6. The van der Waals surface area contributed by atoms with E-state index in [1.807, 2.05) is 6.92 Å². The molecule has 0 amide bonds. The van der Waals surface area contributed by atoms with E-state index in [0.29, 0.717) is 17.9 Å². The molecule has 0 saturated heterocycles. The van der Waals surface area contributed by atoms with Gasteiger partial charge in [-0.2, -0.15) is 4.68 Å². The Hall–Kier alpha value is -1.76. The smallest absolute Gasteiger partial charge is 0.325 e. The summed E-state index contributed by atoms with van der Waals surface area (Å²) in [7, 11) is 0. The molecule has 2 heterocycles. The fraction of sp³-hybridized carbons (Fsp3) is 0.429. The highest BCUT2D eigenvalue weighted by molar-refractivity contribution is 5.41. The number of aryl methyl sites for hydroxylation is 1. The van der Waals surface area contributed by atoms with Crippen molar-refractivity contribution in [1.29, 1.82) is 0 Å². The highest BCUT2D eigenvalue weighted by Gasteiger charge is 2.08. The van der Waals surface area contributed by atoms with E-state index in [1.54, 1.807) is 0 Å². The summed E-state index contributed by atoms with van der Waals surface area (Å²) in [4.78, 5) is 15.6. The largest absolute Gasteiger partial charge is 0.352 e. The van der Waals surface area contributed by atoms with Crippen LogP contribution >= 0.6 is 0 Å². The van der Waals surface area contributed by atoms with E-state index in [1.165, 1.54) is 15.4 Å². The Labute approximate surface area is 79.2 Å². The summed E-state index contributed by atoms with van der Waals surface area (Å²) in [5.41, 5.74) is 6.20. The molecule has 7 nitrogen and oxygen atoms in total. The Morgan fingerprint density at radius 3 is 3.00 bits per heavy atom. The molecule has 0 aliphatic rings. The molecule has 2 aromatic rings. The van der Waals surface area contributed by atoms with Gasteiger partial charge in [-0.3, -0.25) is 0 Å². The van der Waals surface area contributed by atoms with E-state index in [4.69, 9.17) is 5.73 Å². The van der Waals surface area contributed by atoms with Gasteiger partial charge in [0.05, 0.1) is 0 Å². The summed E-state index contributed by atoms with van der Waals surface area (Å²) < 4.78 is 2.60.